The van der Waals surface area contributed by atoms with E-state index < -0.39 is 6.29 Å². The normalized spacial score (nSPS) is 25.3. The minimum Gasteiger partial charge on any atom is -0.459 e. The van der Waals surface area contributed by atoms with Gasteiger partial charge in [-0.05, 0) is 85.4 Å². The molecule has 1 aliphatic heterocycles. The molecule has 27 heavy (non-hydrogen) atoms. The standard InChI is InChI=1S/C21H28INO4/c1-2-26-21-17(7-4-12-24)18(14-8-10-15(22)11-9-14)13-19(27-21)20(25)23-16-5-3-6-16/h8-11,13,16-18,21,24H,2-7,12H2,1H3,(H,23,25)/t17-,18-,21-/m1/s1. The second-order valence-electron chi connectivity index (χ2n) is 7.18. The molecule has 6 heteroatoms. The summed E-state index contributed by atoms with van der Waals surface area (Å²) in [5, 5.41) is 12.4. The Morgan fingerprint density at radius 3 is 2.67 bits per heavy atom. The predicted molar refractivity (Wildman–Crippen MR) is 112 cm³/mol. The summed E-state index contributed by atoms with van der Waals surface area (Å²) >= 11 is 2.29. The molecular formula is C21H28INO4. The molecule has 3 rings (SSSR count). The summed E-state index contributed by atoms with van der Waals surface area (Å²) in [7, 11) is 0. The predicted octanol–water partition coefficient (Wildman–Crippen LogP) is 3.71. The van der Waals surface area contributed by atoms with E-state index in [1.807, 2.05) is 13.0 Å². The number of rotatable bonds is 8. The molecule has 1 aliphatic carbocycles. The second-order valence-corrected chi connectivity index (χ2v) is 8.43. The van der Waals surface area contributed by atoms with Crippen LogP contribution in [0.15, 0.2) is 36.1 Å². The number of amides is 1. The molecular weight excluding hydrogens is 457 g/mol. The average molecular weight is 485 g/mol. The van der Waals surface area contributed by atoms with Gasteiger partial charge in [0.15, 0.2) is 5.76 Å². The summed E-state index contributed by atoms with van der Waals surface area (Å²) in [5.74, 6) is 0.267. The van der Waals surface area contributed by atoms with Gasteiger partial charge in [-0.2, -0.15) is 0 Å². The zero-order chi connectivity index (χ0) is 19.2. The fourth-order valence-electron chi connectivity index (χ4n) is 3.64. The maximum Gasteiger partial charge on any atom is 0.286 e. The van der Waals surface area contributed by atoms with Crippen LogP contribution in [0.25, 0.3) is 0 Å². The molecule has 1 saturated carbocycles. The lowest BCUT2D eigenvalue weighted by atomic mass is 9.80. The Morgan fingerprint density at radius 1 is 1.33 bits per heavy atom. The van der Waals surface area contributed by atoms with E-state index in [-0.39, 0.29) is 30.4 Å². The first-order valence-corrected chi connectivity index (χ1v) is 10.9. The van der Waals surface area contributed by atoms with Gasteiger partial charge in [-0.25, -0.2) is 0 Å². The number of hydrogen-bond donors (Lipinski definition) is 2. The van der Waals surface area contributed by atoms with E-state index in [0.29, 0.717) is 18.8 Å². The molecule has 0 aromatic heterocycles. The largest absolute Gasteiger partial charge is 0.459 e. The van der Waals surface area contributed by atoms with Crippen molar-refractivity contribution in [1.29, 1.82) is 0 Å². The monoisotopic (exact) mass is 485 g/mol. The quantitative estimate of drug-likeness (QED) is 0.552. The maximum atomic E-state index is 12.7. The first-order valence-electron chi connectivity index (χ1n) is 9.79. The molecule has 1 amide bonds. The van der Waals surface area contributed by atoms with Crippen LogP contribution in [0.4, 0.5) is 0 Å². The summed E-state index contributed by atoms with van der Waals surface area (Å²) in [6, 6.07) is 8.62. The average Bonchev–Trinajstić information content (AvgIpc) is 2.64. The van der Waals surface area contributed by atoms with Crippen molar-refractivity contribution >= 4 is 28.5 Å². The van der Waals surface area contributed by atoms with Crippen molar-refractivity contribution < 1.29 is 19.4 Å². The van der Waals surface area contributed by atoms with Gasteiger partial charge in [0.05, 0.1) is 0 Å². The van der Waals surface area contributed by atoms with Crippen LogP contribution in [0.5, 0.6) is 0 Å². The highest BCUT2D eigenvalue weighted by Gasteiger charge is 2.38. The van der Waals surface area contributed by atoms with Gasteiger partial charge in [-0.1, -0.05) is 12.1 Å². The third-order valence-electron chi connectivity index (χ3n) is 5.33. The smallest absolute Gasteiger partial charge is 0.286 e. The number of carbonyl (C=O) groups is 1. The van der Waals surface area contributed by atoms with Gasteiger partial charge >= 0.3 is 0 Å². The molecule has 1 aromatic carbocycles. The molecule has 1 fully saturated rings. The summed E-state index contributed by atoms with van der Waals surface area (Å²) in [6.45, 7) is 2.57. The van der Waals surface area contributed by atoms with Crippen LogP contribution in [0.2, 0.25) is 0 Å². The van der Waals surface area contributed by atoms with Crippen LogP contribution in [-0.2, 0) is 14.3 Å². The van der Waals surface area contributed by atoms with Crippen LogP contribution in [-0.4, -0.2) is 36.6 Å². The van der Waals surface area contributed by atoms with Crippen LogP contribution in [0, 0.1) is 9.49 Å². The summed E-state index contributed by atoms with van der Waals surface area (Å²) in [5.41, 5.74) is 1.14. The van der Waals surface area contributed by atoms with Gasteiger partial charge in [0.2, 0.25) is 6.29 Å². The molecule has 5 nitrogen and oxygen atoms in total. The third kappa shape index (κ3) is 5.23. The zero-order valence-corrected chi connectivity index (χ0v) is 17.9. The van der Waals surface area contributed by atoms with Crippen molar-refractivity contribution in [2.24, 2.45) is 5.92 Å². The lowest BCUT2D eigenvalue weighted by molar-refractivity contribution is -0.167. The van der Waals surface area contributed by atoms with Crippen molar-refractivity contribution in [1.82, 2.24) is 5.32 Å². The number of halogens is 1. The van der Waals surface area contributed by atoms with Crippen molar-refractivity contribution in [3.63, 3.8) is 0 Å². The summed E-state index contributed by atoms with van der Waals surface area (Å²) in [6.07, 6.45) is 6.13. The number of aliphatic hydroxyl groups excluding tert-OH is 1. The molecule has 0 bridgehead atoms. The summed E-state index contributed by atoms with van der Waals surface area (Å²) < 4.78 is 13.0. The van der Waals surface area contributed by atoms with Crippen molar-refractivity contribution in [3.05, 3.63) is 45.2 Å². The lowest BCUT2D eigenvalue weighted by Gasteiger charge is -2.37. The SMILES string of the molecule is CCO[C@@H]1OC(C(=O)NC2CCC2)=C[C@H](c2ccc(I)cc2)[C@H]1CCCO. The second kappa shape index (κ2) is 9.89. The number of allylic oxidation sites excluding steroid dienone is 1. The van der Waals surface area contributed by atoms with Crippen molar-refractivity contribution in [2.75, 3.05) is 13.2 Å². The fraction of sp³-hybridized carbons (Fsp3) is 0.571. The topological polar surface area (TPSA) is 67.8 Å². The Hall–Kier alpha value is -1.12. The molecule has 3 atom stereocenters. The number of hydrogen-bond acceptors (Lipinski definition) is 4. The van der Waals surface area contributed by atoms with Crippen LogP contribution in [0.3, 0.4) is 0 Å². The van der Waals surface area contributed by atoms with Gasteiger partial charge in [0, 0.05) is 34.7 Å². The van der Waals surface area contributed by atoms with Crippen molar-refractivity contribution in [2.45, 2.75) is 57.3 Å². The zero-order valence-electron chi connectivity index (χ0n) is 15.7. The molecule has 0 saturated heterocycles. The highest BCUT2D eigenvalue weighted by atomic mass is 127. The van der Waals surface area contributed by atoms with E-state index in [0.717, 1.165) is 24.8 Å². The first kappa shape index (κ1) is 20.6. The minimum atomic E-state index is -0.488. The number of ether oxygens (including phenoxy) is 2. The number of nitrogens with one attached hydrogen (secondary N) is 1. The van der Waals surface area contributed by atoms with E-state index >= 15 is 0 Å². The summed E-state index contributed by atoms with van der Waals surface area (Å²) in [4.78, 5) is 12.7. The van der Waals surface area contributed by atoms with E-state index in [2.05, 4.69) is 52.2 Å². The molecule has 2 aliphatic rings. The van der Waals surface area contributed by atoms with E-state index in [1.54, 1.807) is 0 Å². The highest BCUT2D eigenvalue weighted by Crippen LogP contribution is 2.39. The molecule has 1 heterocycles. The molecule has 1 aromatic rings. The van der Waals surface area contributed by atoms with E-state index in [4.69, 9.17) is 9.47 Å². The molecule has 0 unspecified atom stereocenters. The Balaban J connectivity index is 1.88. The van der Waals surface area contributed by atoms with Crippen LogP contribution in [0.1, 0.15) is 50.5 Å². The minimum absolute atomic E-state index is 0.0148. The molecule has 148 valence electrons. The van der Waals surface area contributed by atoms with Crippen molar-refractivity contribution in [3.8, 4) is 0 Å². The number of benzene rings is 1. The third-order valence-corrected chi connectivity index (χ3v) is 6.05. The maximum absolute atomic E-state index is 12.7. The van der Waals surface area contributed by atoms with Gasteiger partial charge in [-0.3, -0.25) is 4.79 Å². The van der Waals surface area contributed by atoms with Crippen LogP contribution >= 0.6 is 22.6 Å². The van der Waals surface area contributed by atoms with E-state index in [9.17, 15) is 9.90 Å². The Bertz CT molecular complexity index is 657. The molecule has 0 radical (unpaired) electrons. The lowest BCUT2D eigenvalue weighted by Crippen LogP contribution is -2.43. The van der Waals surface area contributed by atoms with Gasteiger partial charge < -0.3 is 19.9 Å². The Kier molecular flexibility index (Phi) is 7.55. The van der Waals surface area contributed by atoms with Gasteiger partial charge in [-0.15, -0.1) is 0 Å². The highest BCUT2D eigenvalue weighted by molar-refractivity contribution is 14.1. The van der Waals surface area contributed by atoms with Crippen LogP contribution < -0.4 is 5.32 Å². The van der Waals surface area contributed by atoms with E-state index in [1.165, 1.54) is 9.99 Å². The molecule has 0 spiro atoms. The van der Waals surface area contributed by atoms with Gasteiger partial charge in [0.25, 0.3) is 5.91 Å². The first-order chi connectivity index (χ1) is 13.1. The molecule has 2 N–H and O–H groups in total. The Morgan fingerprint density at radius 2 is 2.07 bits per heavy atom. The fourth-order valence-corrected chi connectivity index (χ4v) is 4.00. The Labute approximate surface area is 174 Å². The number of carbonyl (C=O) groups excluding carboxylic acids is 1. The number of aliphatic hydroxyl groups is 1. The van der Waals surface area contributed by atoms with Gasteiger partial charge in [0.1, 0.15) is 0 Å².